The minimum Gasteiger partial charge on any atom is -0.377 e. The van der Waals surface area contributed by atoms with Crippen LogP contribution in [0.25, 0.3) is 0 Å². The molecule has 2 saturated heterocycles. The molecule has 0 aromatic heterocycles. The van der Waals surface area contributed by atoms with Crippen molar-refractivity contribution >= 4 is 0 Å². The molecule has 0 N–H and O–H groups in total. The average molecular weight is 319 g/mol. The van der Waals surface area contributed by atoms with Crippen molar-refractivity contribution < 1.29 is 4.74 Å². The largest absolute Gasteiger partial charge is 0.377 e. The first kappa shape index (κ1) is 18.4. The van der Waals surface area contributed by atoms with E-state index in [1.807, 2.05) is 0 Å². The summed E-state index contributed by atoms with van der Waals surface area (Å²) in [5, 5.41) is 0. The normalized spacial score (nSPS) is 21.9. The van der Waals surface area contributed by atoms with Crippen LogP contribution >= 0.6 is 0 Å². The van der Waals surface area contributed by atoms with Gasteiger partial charge in [0.05, 0.1) is 12.8 Å². The fourth-order valence-corrected chi connectivity index (χ4v) is 3.71. The average Bonchev–Trinajstić information content (AvgIpc) is 3.03. The second-order valence-corrected chi connectivity index (χ2v) is 6.71. The molecule has 0 aliphatic carbocycles. The van der Waals surface area contributed by atoms with E-state index < -0.39 is 0 Å². The standard InChI is InChI=1S/C19H30N2O.CH4/c1-2-3-14-22-16-18-9-7-17(8-10-18)15-21-13-5-12-20-11-4-6-19(20)21;/h7-10,19H,2-6,11-16H2,1H3;1H4. The van der Waals surface area contributed by atoms with Gasteiger partial charge in [-0.25, -0.2) is 0 Å². The van der Waals surface area contributed by atoms with Gasteiger partial charge in [-0.3, -0.25) is 9.80 Å². The third-order valence-electron chi connectivity index (χ3n) is 4.96. The zero-order valence-electron chi connectivity index (χ0n) is 14.0. The third kappa shape index (κ3) is 5.03. The van der Waals surface area contributed by atoms with Crippen molar-refractivity contribution in [3.63, 3.8) is 0 Å². The molecule has 0 amide bonds. The molecule has 3 heteroatoms. The summed E-state index contributed by atoms with van der Waals surface area (Å²) >= 11 is 0. The van der Waals surface area contributed by atoms with Crippen LogP contribution < -0.4 is 0 Å². The van der Waals surface area contributed by atoms with Crippen LogP contribution in [0.2, 0.25) is 0 Å². The first-order valence-corrected chi connectivity index (χ1v) is 9.00. The van der Waals surface area contributed by atoms with E-state index in [1.54, 1.807) is 0 Å². The van der Waals surface area contributed by atoms with Crippen LogP contribution in [-0.2, 0) is 17.9 Å². The predicted molar refractivity (Wildman–Crippen MR) is 97.4 cm³/mol. The fraction of sp³-hybridized carbons (Fsp3) is 0.700. The lowest BCUT2D eigenvalue weighted by molar-refractivity contribution is 0.0286. The maximum Gasteiger partial charge on any atom is 0.0716 e. The molecule has 0 bridgehead atoms. The fourth-order valence-electron chi connectivity index (χ4n) is 3.71. The van der Waals surface area contributed by atoms with Crippen LogP contribution in [0.3, 0.4) is 0 Å². The Morgan fingerprint density at radius 3 is 2.57 bits per heavy atom. The second-order valence-electron chi connectivity index (χ2n) is 6.71. The van der Waals surface area contributed by atoms with Crippen molar-refractivity contribution in [3.8, 4) is 0 Å². The quantitative estimate of drug-likeness (QED) is 0.698. The molecule has 1 atom stereocenters. The number of hydrogen-bond donors (Lipinski definition) is 0. The van der Waals surface area contributed by atoms with Crippen molar-refractivity contribution in [1.29, 1.82) is 0 Å². The van der Waals surface area contributed by atoms with Gasteiger partial charge in [-0.2, -0.15) is 0 Å². The zero-order chi connectivity index (χ0) is 15.2. The SMILES string of the molecule is C.CCCCOCc1ccc(CN2CCCN3CCCC32)cc1. The molecule has 1 aromatic carbocycles. The number of benzene rings is 1. The van der Waals surface area contributed by atoms with Crippen LogP contribution in [0.4, 0.5) is 0 Å². The number of unbranched alkanes of at least 4 members (excludes halogenated alkanes) is 1. The van der Waals surface area contributed by atoms with Crippen LogP contribution in [0.1, 0.15) is 57.6 Å². The summed E-state index contributed by atoms with van der Waals surface area (Å²) in [6.07, 6.45) is 7.10. The lowest BCUT2D eigenvalue weighted by Crippen LogP contribution is -2.49. The highest BCUT2D eigenvalue weighted by molar-refractivity contribution is 5.22. The Labute approximate surface area is 142 Å². The maximum absolute atomic E-state index is 5.69. The number of ether oxygens (including phenoxy) is 1. The van der Waals surface area contributed by atoms with Gasteiger partial charge < -0.3 is 4.74 Å². The molecular formula is C20H34N2O. The van der Waals surface area contributed by atoms with Gasteiger partial charge in [0.2, 0.25) is 0 Å². The number of fused-ring (bicyclic) bond motifs is 1. The van der Waals surface area contributed by atoms with Gasteiger partial charge in [-0.1, -0.05) is 45.0 Å². The van der Waals surface area contributed by atoms with Crippen LogP contribution in [-0.4, -0.2) is 42.2 Å². The van der Waals surface area contributed by atoms with E-state index >= 15 is 0 Å². The van der Waals surface area contributed by atoms with Gasteiger partial charge >= 0.3 is 0 Å². The molecule has 3 nitrogen and oxygen atoms in total. The Balaban J connectivity index is 0.00000192. The van der Waals surface area contributed by atoms with Gasteiger partial charge in [0.1, 0.15) is 0 Å². The van der Waals surface area contributed by atoms with E-state index in [9.17, 15) is 0 Å². The highest BCUT2D eigenvalue weighted by Gasteiger charge is 2.32. The van der Waals surface area contributed by atoms with Crippen molar-refractivity contribution in [2.24, 2.45) is 0 Å². The molecule has 130 valence electrons. The molecule has 2 fully saturated rings. The topological polar surface area (TPSA) is 15.7 Å². The van der Waals surface area contributed by atoms with E-state index in [0.29, 0.717) is 6.17 Å². The van der Waals surface area contributed by atoms with Crippen molar-refractivity contribution in [2.45, 2.75) is 65.8 Å². The van der Waals surface area contributed by atoms with E-state index in [0.717, 1.165) is 26.2 Å². The molecule has 3 rings (SSSR count). The van der Waals surface area contributed by atoms with Crippen LogP contribution in [0, 0.1) is 0 Å². The lowest BCUT2D eigenvalue weighted by Gasteiger charge is -2.40. The molecule has 2 aliphatic heterocycles. The molecule has 1 aromatic rings. The van der Waals surface area contributed by atoms with Crippen LogP contribution in [0.5, 0.6) is 0 Å². The summed E-state index contributed by atoms with van der Waals surface area (Å²) in [5.41, 5.74) is 2.73. The summed E-state index contributed by atoms with van der Waals surface area (Å²) in [5.74, 6) is 0. The second kappa shape index (κ2) is 9.41. The molecule has 0 radical (unpaired) electrons. The first-order valence-electron chi connectivity index (χ1n) is 9.00. The van der Waals surface area contributed by atoms with E-state index in [-0.39, 0.29) is 7.43 Å². The Morgan fingerprint density at radius 1 is 1.04 bits per heavy atom. The molecule has 0 saturated carbocycles. The first-order chi connectivity index (χ1) is 10.9. The number of hydrogen-bond acceptors (Lipinski definition) is 3. The molecule has 2 heterocycles. The monoisotopic (exact) mass is 318 g/mol. The molecule has 23 heavy (non-hydrogen) atoms. The maximum atomic E-state index is 5.69. The molecule has 0 spiro atoms. The number of rotatable bonds is 7. The summed E-state index contributed by atoms with van der Waals surface area (Å²) in [6, 6.07) is 9.04. The molecular weight excluding hydrogens is 284 g/mol. The Bertz CT molecular complexity index is 445. The highest BCUT2D eigenvalue weighted by atomic mass is 16.5. The van der Waals surface area contributed by atoms with Crippen molar-refractivity contribution in [3.05, 3.63) is 35.4 Å². The summed E-state index contributed by atoms with van der Waals surface area (Å²) < 4.78 is 5.69. The van der Waals surface area contributed by atoms with E-state index in [1.165, 1.54) is 56.4 Å². The highest BCUT2D eigenvalue weighted by Crippen LogP contribution is 2.26. The van der Waals surface area contributed by atoms with E-state index in [2.05, 4.69) is 41.0 Å². The smallest absolute Gasteiger partial charge is 0.0716 e. The third-order valence-corrected chi connectivity index (χ3v) is 4.96. The van der Waals surface area contributed by atoms with E-state index in [4.69, 9.17) is 4.74 Å². The minimum absolute atomic E-state index is 0. The van der Waals surface area contributed by atoms with Gasteiger partial charge in [0, 0.05) is 26.2 Å². The Kier molecular flexibility index (Phi) is 7.54. The van der Waals surface area contributed by atoms with Crippen molar-refractivity contribution in [2.75, 3.05) is 26.2 Å². The summed E-state index contributed by atoms with van der Waals surface area (Å²) in [7, 11) is 0. The predicted octanol–water partition coefficient (Wildman–Crippen LogP) is 4.27. The molecule has 2 aliphatic rings. The van der Waals surface area contributed by atoms with Gasteiger partial charge in [-0.05, 0) is 43.4 Å². The van der Waals surface area contributed by atoms with Gasteiger partial charge in [0.15, 0.2) is 0 Å². The minimum atomic E-state index is 0. The van der Waals surface area contributed by atoms with Gasteiger partial charge in [-0.15, -0.1) is 0 Å². The lowest BCUT2D eigenvalue weighted by atomic mass is 10.1. The molecule has 1 unspecified atom stereocenters. The summed E-state index contributed by atoms with van der Waals surface area (Å²) in [4.78, 5) is 5.34. The number of nitrogens with zero attached hydrogens (tertiary/aromatic N) is 2. The zero-order valence-corrected chi connectivity index (χ0v) is 14.0. The van der Waals surface area contributed by atoms with Crippen molar-refractivity contribution in [1.82, 2.24) is 9.80 Å². The van der Waals surface area contributed by atoms with Gasteiger partial charge in [0.25, 0.3) is 0 Å². The summed E-state index contributed by atoms with van der Waals surface area (Å²) in [6.45, 7) is 8.78. The van der Waals surface area contributed by atoms with Crippen LogP contribution in [0.15, 0.2) is 24.3 Å². The Hall–Kier alpha value is -0.900. The Morgan fingerprint density at radius 2 is 1.78 bits per heavy atom.